The third-order valence-corrected chi connectivity index (χ3v) is 2.51. The Morgan fingerprint density at radius 2 is 2.11 bits per heavy atom. The third-order valence-electron chi connectivity index (χ3n) is 2.51. The number of nitrogens with zero attached hydrogens (tertiary/aromatic N) is 2. The molecule has 6 nitrogen and oxygen atoms in total. The van der Waals surface area contributed by atoms with E-state index in [2.05, 4.69) is 15.3 Å². The van der Waals surface area contributed by atoms with Crippen LogP contribution in [-0.2, 0) is 6.54 Å². The van der Waals surface area contributed by atoms with Gasteiger partial charge in [-0.2, -0.15) is 0 Å². The molecular formula is C12H13N3O3. The number of hydrogen-bond donors (Lipinski definition) is 2. The second kappa shape index (κ2) is 4.87. The van der Waals surface area contributed by atoms with Gasteiger partial charge in [-0.1, -0.05) is 0 Å². The number of nitrogens with one attached hydrogen (secondary N) is 1. The monoisotopic (exact) mass is 247 g/mol. The third kappa shape index (κ3) is 2.48. The zero-order valence-corrected chi connectivity index (χ0v) is 10.1. The lowest BCUT2D eigenvalue weighted by molar-refractivity contribution is 0.0695. The lowest BCUT2D eigenvalue weighted by Gasteiger charge is -2.04. The highest BCUT2D eigenvalue weighted by atomic mass is 16.4. The van der Waals surface area contributed by atoms with E-state index in [0.717, 1.165) is 5.69 Å². The molecule has 0 aliphatic carbocycles. The minimum absolute atomic E-state index is 0.183. The van der Waals surface area contributed by atoms with Crippen molar-refractivity contribution in [3.05, 3.63) is 41.2 Å². The van der Waals surface area contributed by atoms with Crippen molar-refractivity contribution in [3.63, 3.8) is 0 Å². The molecular weight excluding hydrogens is 234 g/mol. The predicted octanol–water partition coefficient (Wildman–Crippen LogP) is 2.00. The number of carboxylic acids is 1. The molecule has 0 amide bonds. The molecule has 6 heteroatoms. The van der Waals surface area contributed by atoms with E-state index >= 15 is 0 Å². The highest BCUT2D eigenvalue weighted by Crippen LogP contribution is 2.16. The van der Waals surface area contributed by atoms with Crippen LogP contribution < -0.4 is 5.32 Å². The van der Waals surface area contributed by atoms with Gasteiger partial charge in [0.1, 0.15) is 22.9 Å². The van der Waals surface area contributed by atoms with Gasteiger partial charge in [0.05, 0.1) is 12.2 Å². The van der Waals surface area contributed by atoms with E-state index in [1.807, 2.05) is 6.92 Å². The number of hydrogen-bond acceptors (Lipinski definition) is 5. The molecule has 0 spiro atoms. The highest BCUT2D eigenvalue weighted by molar-refractivity contribution is 5.88. The molecule has 0 atom stereocenters. The maximum Gasteiger partial charge on any atom is 0.339 e. The number of anilines is 1. The first-order valence-corrected chi connectivity index (χ1v) is 5.42. The molecule has 18 heavy (non-hydrogen) atoms. The smallest absolute Gasteiger partial charge is 0.339 e. The van der Waals surface area contributed by atoms with Crippen LogP contribution in [-0.4, -0.2) is 21.0 Å². The number of furan rings is 1. The standard InChI is InChI=1S/C12H13N3O3/c1-7-11(14-4-3-13-7)15-6-9-5-10(12(16)17)8(2)18-9/h3-5H,6H2,1-2H3,(H,14,15)(H,16,17). The van der Waals surface area contributed by atoms with Gasteiger partial charge in [-0.15, -0.1) is 0 Å². The maximum absolute atomic E-state index is 10.9. The van der Waals surface area contributed by atoms with Crippen molar-refractivity contribution in [1.29, 1.82) is 0 Å². The van der Waals surface area contributed by atoms with Crippen LogP contribution in [0.5, 0.6) is 0 Å². The number of carboxylic acid groups (broad SMARTS) is 1. The number of carbonyl (C=O) groups is 1. The van der Waals surface area contributed by atoms with Crippen LogP contribution in [0.3, 0.4) is 0 Å². The van der Waals surface area contributed by atoms with Crippen LogP contribution in [0.1, 0.15) is 27.6 Å². The van der Waals surface area contributed by atoms with Crippen molar-refractivity contribution in [1.82, 2.24) is 9.97 Å². The summed E-state index contributed by atoms with van der Waals surface area (Å²) in [6, 6.07) is 1.51. The molecule has 0 aromatic carbocycles. The van der Waals surface area contributed by atoms with Gasteiger partial charge in [-0.25, -0.2) is 9.78 Å². The summed E-state index contributed by atoms with van der Waals surface area (Å²) in [5, 5.41) is 12.0. The van der Waals surface area contributed by atoms with Crippen molar-refractivity contribution in [2.75, 3.05) is 5.32 Å². The first-order chi connectivity index (χ1) is 8.58. The molecule has 0 bridgehead atoms. The molecule has 0 saturated carbocycles. The van der Waals surface area contributed by atoms with E-state index < -0.39 is 5.97 Å². The van der Waals surface area contributed by atoms with Gasteiger partial charge in [0.2, 0.25) is 0 Å². The molecule has 2 aromatic rings. The van der Waals surface area contributed by atoms with Crippen molar-refractivity contribution in [2.45, 2.75) is 20.4 Å². The molecule has 0 unspecified atom stereocenters. The van der Waals surface area contributed by atoms with E-state index in [4.69, 9.17) is 9.52 Å². The average molecular weight is 247 g/mol. The maximum atomic E-state index is 10.9. The van der Waals surface area contributed by atoms with E-state index in [0.29, 0.717) is 23.9 Å². The molecule has 94 valence electrons. The zero-order valence-electron chi connectivity index (χ0n) is 10.1. The van der Waals surface area contributed by atoms with Crippen LogP contribution in [0, 0.1) is 13.8 Å². The van der Waals surface area contributed by atoms with E-state index in [1.54, 1.807) is 19.3 Å². The normalized spacial score (nSPS) is 10.3. The Morgan fingerprint density at radius 1 is 1.39 bits per heavy atom. The van der Waals surface area contributed by atoms with Crippen LogP contribution in [0.4, 0.5) is 5.82 Å². The summed E-state index contributed by atoms with van der Waals surface area (Å²) in [5.74, 6) is 0.617. The minimum atomic E-state index is -0.988. The number of aromatic carboxylic acids is 1. The van der Waals surface area contributed by atoms with Crippen LogP contribution in [0.15, 0.2) is 22.9 Å². The van der Waals surface area contributed by atoms with Crippen LogP contribution >= 0.6 is 0 Å². The fourth-order valence-corrected chi connectivity index (χ4v) is 1.60. The SMILES string of the molecule is Cc1nccnc1NCc1cc(C(=O)O)c(C)o1. The Kier molecular flexibility index (Phi) is 3.27. The van der Waals surface area contributed by atoms with E-state index in [9.17, 15) is 4.79 Å². The Hall–Kier alpha value is -2.37. The van der Waals surface area contributed by atoms with Gasteiger partial charge >= 0.3 is 5.97 Å². The summed E-state index contributed by atoms with van der Waals surface area (Å²) in [5.41, 5.74) is 0.960. The zero-order chi connectivity index (χ0) is 13.1. The van der Waals surface area contributed by atoms with Crippen LogP contribution in [0.25, 0.3) is 0 Å². The Labute approximate surface area is 104 Å². The first kappa shape index (κ1) is 12.1. The van der Waals surface area contributed by atoms with Gasteiger partial charge in [0.15, 0.2) is 0 Å². The Bertz CT molecular complexity index is 578. The molecule has 0 aliphatic heterocycles. The Morgan fingerprint density at radius 3 is 2.72 bits per heavy atom. The molecule has 2 aromatic heterocycles. The minimum Gasteiger partial charge on any atom is -0.478 e. The van der Waals surface area contributed by atoms with Gasteiger partial charge in [0, 0.05) is 12.4 Å². The summed E-state index contributed by atoms with van der Waals surface area (Å²) in [6.07, 6.45) is 3.20. The second-order valence-electron chi connectivity index (χ2n) is 3.83. The van der Waals surface area contributed by atoms with Crippen molar-refractivity contribution in [3.8, 4) is 0 Å². The van der Waals surface area contributed by atoms with Crippen molar-refractivity contribution >= 4 is 11.8 Å². The molecule has 0 saturated heterocycles. The fourth-order valence-electron chi connectivity index (χ4n) is 1.60. The average Bonchev–Trinajstić information content (AvgIpc) is 2.70. The van der Waals surface area contributed by atoms with E-state index in [1.165, 1.54) is 6.07 Å². The lowest BCUT2D eigenvalue weighted by atomic mass is 10.2. The van der Waals surface area contributed by atoms with Crippen LogP contribution in [0.2, 0.25) is 0 Å². The topological polar surface area (TPSA) is 88.2 Å². The number of aryl methyl sites for hydroxylation is 2. The number of aromatic nitrogens is 2. The second-order valence-corrected chi connectivity index (χ2v) is 3.83. The highest BCUT2D eigenvalue weighted by Gasteiger charge is 2.13. The molecule has 0 radical (unpaired) electrons. The fraction of sp³-hybridized carbons (Fsp3) is 0.250. The predicted molar refractivity (Wildman–Crippen MR) is 64.5 cm³/mol. The molecule has 2 heterocycles. The summed E-state index contributed by atoms with van der Waals surface area (Å²) in [6.45, 7) is 3.83. The molecule has 0 aliphatic rings. The van der Waals surface area contributed by atoms with Gasteiger partial charge in [-0.05, 0) is 19.9 Å². The van der Waals surface area contributed by atoms with E-state index in [-0.39, 0.29) is 5.56 Å². The summed E-state index contributed by atoms with van der Waals surface area (Å²) in [7, 11) is 0. The number of rotatable bonds is 4. The summed E-state index contributed by atoms with van der Waals surface area (Å²) in [4.78, 5) is 19.1. The summed E-state index contributed by atoms with van der Waals surface area (Å²) < 4.78 is 5.35. The lowest BCUT2D eigenvalue weighted by Crippen LogP contribution is -2.03. The first-order valence-electron chi connectivity index (χ1n) is 5.42. The van der Waals surface area contributed by atoms with Gasteiger partial charge < -0.3 is 14.8 Å². The van der Waals surface area contributed by atoms with Gasteiger partial charge in [0.25, 0.3) is 0 Å². The quantitative estimate of drug-likeness (QED) is 0.859. The largest absolute Gasteiger partial charge is 0.478 e. The summed E-state index contributed by atoms with van der Waals surface area (Å²) >= 11 is 0. The van der Waals surface area contributed by atoms with Gasteiger partial charge in [-0.3, -0.25) is 4.98 Å². The molecule has 2 N–H and O–H groups in total. The van der Waals surface area contributed by atoms with Crippen molar-refractivity contribution in [2.24, 2.45) is 0 Å². The Balaban J connectivity index is 2.09. The van der Waals surface area contributed by atoms with Crippen molar-refractivity contribution < 1.29 is 14.3 Å². The molecule has 0 fully saturated rings. The molecule has 2 rings (SSSR count).